The van der Waals surface area contributed by atoms with Crippen molar-refractivity contribution in [3.8, 4) is 0 Å². The molecular weight excluding hydrogens is 261 g/mol. The predicted octanol–water partition coefficient (Wildman–Crippen LogP) is 0.868. The second-order valence-electron chi connectivity index (χ2n) is 4.81. The molecule has 1 saturated heterocycles. The van der Waals surface area contributed by atoms with E-state index in [1.54, 1.807) is 6.07 Å². The Morgan fingerprint density at radius 1 is 1.45 bits per heavy atom. The molecule has 6 nitrogen and oxygen atoms in total. The second-order valence-corrected chi connectivity index (χ2v) is 4.81. The Hall–Kier alpha value is -1.89. The van der Waals surface area contributed by atoms with Gasteiger partial charge in [0.05, 0.1) is 12.2 Å². The molecule has 1 unspecified atom stereocenters. The van der Waals surface area contributed by atoms with Crippen LogP contribution in [0.1, 0.15) is 13.3 Å². The van der Waals surface area contributed by atoms with Crippen LogP contribution in [0.2, 0.25) is 0 Å². The van der Waals surface area contributed by atoms with Gasteiger partial charge in [0, 0.05) is 26.2 Å². The van der Waals surface area contributed by atoms with Crippen molar-refractivity contribution in [2.45, 2.75) is 19.4 Å². The predicted molar refractivity (Wildman–Crippen MR) is 75.5 cm³/mol. The number of aromatic nitrogens is 1. The normalized spacial score (nSPS) is 19.1. The summed E-state index contributed by atoms with van der Waals surface area (Å²) in [5.41, 5.74) is 5.71. The van der Waals surface area contributed by atoms with Crippen molar-refractivity contribution in [1.82, 2.24) is 9.88 Å². The number of nitrogens with two attached hydrogens (primary N) is 1. The first-order chi connectivity index (χ1) is 9.65. The molecule has 1 fully saturated rings. The van der Waals surface area contributed by atoms with E-state index in [1.165, 1.54) is 12.3 Å². The summed E-state index contributed by atoms with van der Waals surface area (Å²) >= 11 is 0. The number of rotatable bonds is 4. The third-order valence-corrected chi connectivity index (χ3v) is 3.63. The Balaban J connectivity index is 1.96. The van der Waals surface area contributed by atoms with Crippen molar-refractivity contribution in [2.75, 3.05) is 31.1 Å². The topological polar surface area (TPSA) is 78.0 Å². The van der Waals surface area contributed by atoms with Gasteiger partial charge in [0.25, 0.3) is 0 Å². The molecule has 2 heterocycles. The Bertz CT molecular complexity index is 456. The third kappa shape index (κ3) is 3.16. The van der Waals surface area contributed by atoms with Crippen molar-refractivity contribution in [1.29, 1.82) is 0 Å². The van der Waals surface area contributed by atoms with Crippen LogP contribution < -0.4 is 10.6 Å². The van der Waals surface area contributed by atoms with Crippen LogP contribution in [0.4, 0.5) is 10.2 Å². The molecular formula is C13H20FN5O. The summed E-state index contributed by atoms with van der Waals surface area (Å²) in [4.78, 5) is 8.38. The van der Waals surface area contributed by atoms with Gasteiger partial charge in [-0.05, 0) is 18.6 Å². The van der Waals surface area contributed by atoms with E-state index in [-0.39, 0.29) is 17.7 Å². The van der Waals surface area contributed by atoms with Crippen LogP contribution in [-0.4, -0.2) is 53.1 Å². The SMILES string of the molecule is CCC(C(N)=NO)N1CCN(c2ccc(F)cn2)CC1. The molecule has 0 bridgehead atoms. The van der Waals surface area contributed by atoms with Gasteiger partial charge in [0.2, 0.25) is 0 Å². The molecule has 0 spiro atoms. The average molecular weight is 281 g/mol. The van der Waals surface area contributed by atoms with Gasteiger partial charge in [-0.15, -0.1) is 0 Å². The van der Waals surface area contributed by atoms with E-state index in [9.17, 15) is 4.39 Å². The van der Waals surface area contributed by atoms with E-state index in [2.05, 4.69) is 19.9 Å². The summed E-state index contributed by atoms with van der Waals surface area (Å²) in [7, 11) is 0. The summed E-state index contributed by atoms with van der Waals surface area (Å²) in [6.45, 7) is 5.18. The average Bonchev–Trinajstić information content (AvgIpc) is 2.49. The monoisotopic (exact) mass is 281 g/mol. The molecule has 110 valence electrons. The Morgan fingerprint density at radius 2 is 2.15 bits per heavy atom. The van der Waals surface area contributed by atoms with Crippen molar-refractivity contribution in [3.05, 3.63) is 24.1 Å². The van der Waals surface area contributed by atoms with Gasteiger partial charge in [0.1, 0.15) is 11.6 Å². The van der Waals surface area contributed by atoms with Gasteiger partial charge >= 0.3 is 0 Å². The maximum atomic E-state index is 12.9. The lowest BCUT2D eigenvalue weighted by atomic mass is 10.1. The molecule has 1 aromatic heterocycles. The van der Waals surface area contributed by atoms with Gasteiger partial charge in [-0.1, -0.05) is 12.1 Å². The van der Waals surface area contributed by atoms with E-state index in [4.69, 9.17) is 10.9 Å². The zero-order chi connectivity index (χ0) is 14.5. The molecule has 1 aliphatic rings. The first-order valence-corrected chi connectivity index (χ1v) is 6.73. The quantitative estimate of drug-likeness (QED) is 0.370. The number of hydrogen-bond donors (Lipinski definition) is 2. The highest BCUT2D eigenvalue weighted by molar-refractivity contribution is 5.85. The van der Waals surface area contributed by atoms with Crippen molar-refractivity contribution in [2.24, 2.45) is 10.9 Å². The van der Waals surface area contributed by atoms with Crippen LogP contribution >= 0.6 is 0 Å². The molecule has 0 aliphatic carbocycles. The van der Waals surface area contributed by atoms with Crippen LogP contribution in [0.3, 0.4) is 0 Å². The number of oxime groups is 1. The summed E-state index contributed by atoms with van der Waals surface area (Å²) < 4.78 is 12.9. The number of halogens is 1. The van der Waals surface area contributed by atoms with Crippen molar-refractivity contribution >= 4 is 11.7 Å². The highest BCUT2D eigenvalue weighted by Gasteiger charge is 2.25. The summed E-state index contributed by atoms with van der Waals surface area (Å²) in [6, 6.07) is 3.06. The lowest BCUT2D eigenvalue weighted by molar-refractivity contribution is 0.215. The number of piperazine rings is 1. The van der Waals surface area contributed by atoms with Crippen LogP contribution in [0, 0.1) is 5.82 Å². The van der Waals surface area contributed by atoms with Gasteiger partial charge in [-0.25, -0.2) is 9.37 Å². The maximum absolute atomic E-state index is 12.9. The fourth-order valence-electron chi connectivity index (χ4n) is 2.54. The van der Waals surface area contributed by atoms with Crippen LogP contribution in [0.25, 0.3) is 0 Å². The Labute approximate surface area is 117 Å². The minimum absolute atomic E-state index is 0.0386. The molecule has 7 heteroatoms. The first-order valence-electron chi connectivity index (χ1n) is 6.73. The lowest BCUT2D eigenvalue weighted by Gasteiger charge is -2.38. The maximum Gasteiger partial charge on any atom is 0.156 e. The largest absolute Gasteiger partial charge is 0.409 e. The lowest BCUT2D eigenvalue weighted by Crippen LogP contribution is -2.54. The summed E-state index contributed by atoms with van der Waals surface area (Å²) in [6.07, 6.45) is 2.03. The Kier molecular flexibility index (Phi) is 4.73. The minimum atomic E-state index is -0.328. The number of pyridine rings is 1. The van der Waals surface area contributed by atoms with E-state index in [1.807, 2.05) is 6.92 Å². The number of anilines is 1. The Morgan fingerprint density at radius 3 is 2.65 bits per heavy atom. The third-order valence-electron chi connectivity index (χ3n) is 3.63. The van der Waals surface area contributed by atoms with Crippen LogP contribution in [-0.2, 0) is 0 Å². The summed E-state index contributed by atoms with van der Waals surface area (Å²) in [5, 5.41) is 11.9. The molecule has 20 heavy (non-hydrogen) atoms. The minimum Gasteiger partial charge on any atom is -0.409 e. The first kappa shape index (κ1) is 14.5. The zero-order valence-corrected chi connectivity index (χ0v) is 11.5. The molecule has 0 amide bonds. The molecule has 2 rings (SSSR count). The fourth-order valence-corrected chi connectivity index (χ4v) is 2.54. The van der Waals surface area contributed by atoms with E-state index >= 15 is 0 Å². The molecule has 0 saturated carbocycles. The fraction of sp³-hybridized carbons (Fsp3) is 0.538. The summed E-state index contributed by atoms with van der Waals surface area (Å²) in [5.74, 6) is 0.703. The van der Waals surface area contributed by atoms with Crippen LogP contribution in [0.15, 0.2) is 23.5 Å². The van der Waals surface area contributed by atoms with E-state index in [0.717, 1.165) is 38.4 Å². The molecule has 0 aromatic carbocycles. The molecule has 3 N–H and O–H groups in total. The number of nitrogens with zero attached hydrogens (tertiary/aromatic N) is 4. The van der Waals surface area contributed by atoms with Crippen molar-refractivity contribution < 1.29 is 9.60 Å². The molecule has 1 aromatic rings. The zero-order valence-electron chi connectivity index (χ0n) is 11.5. The van der Waals surface area contributed by atoms with Crippen molar-refractivity contribution in [3.63, 3.8) is 0 Å². The molecule has 1 aliphatic heterocycles. The van der Waals surface area contributed by atoms with Gasteiger partial charge in [0.15, 0.2) is 5.84 Å². The number of amidine groups is 1. The highest BCUT2D eigenvalue weighted by Crippen LogP contribution is 2.16. The number of hydrogen-bond acceptors (Lipinski definition) is 5. The van der Waals surface area contributed by atoms with Gasteiger partial charge < -0.3 is 15.8 Å². The van der Waals surface area contributed by atoms with Gasteiger partial charge in [-0.3, -0.25) is 4.90 Å². The van der Waals surface area contributed by atoms with E-state index in [0.29, 0.717) is 0 Å². The van der Waals surface area contributed by atoms with Gasteiger partial charge in [-0.2, -0.15) is 0 Å². The highest BCUT2D eigenvalue weighted by atomic mass is 19.1. The smallest absolute Gasteiger partial charge is 0.156 e. The van der Waals surface area contributed by atoms with E-state index < -0.39 is 0 Å². The standard InChI is InChI=1S/C13H20FN5O/c1-2-11(13(15)17-20)18-5-7-19(8-6-18)12-4-3-10(14)9-16-12/h3-4,9,11,20H,2,5-8H2,1H3,(H2,15,17). The molecule has 0 radical (unpaired) electrons. The molecule has 1 atom stereocenters. The van der Waals surface area contributed by atoms with Crippen LogP contribution in [0.5, 0.6) is 0 Å². The second kappa shape index (κ2) is 6.51.